The molecule has 0 aliphatic rings. The summed E-state index contributed by atoms with van der Waals surface area (Å²) >= 11 is 0. The summed E-state index contributed by atoms with van der Waals surface area (Å²) in [5, 5.41) is 0. The molecule has 9 nitrogen and oxygen atoms in total. The van der Waals surface area contributed by atoms with Crippen LogP contribution in [-0.4, -0.2) is 43.5 Å². The van der Waals surface area contributed by atoms with E-state index in [0.717, 1.165) is 12.8 Å². The minimum Gasteiger partial charge on any atom is -0.434 e. The summed E-state index contributed by atoms with van der Waals surface area (Å²) in [6, 6.07) is -1.45. The van der Waals surface area contributed by atoms with E-state index < -0.39 is 36.7 Å². The van der Waals surface area contributed by atoms with Crippen LogP contribution in [0.4, 0.5) is 9.59 Å². The first-order chi connectivity index (χ1) is 10.9. The largest absolute Gasteiger partial charge is 0.516 e. The van der Waals surface area contributed by atoms with Gasteiger partial charge < -0.3 is 24.7 Å². The Balaban J connectivity index is 4.03. The highest BCUT2D eigenvalue weighted by Crippen LogP contribution is 2.00. The monoisotopic (exact) mass is 333 g/mol. The molecular weight excluding hydrogens is 310 g/mol. The molecule has 0 aromatic heterocycles. The average Bonchev–Trinajstić information content (AvgIpc) is 2.47. The van der Waals surface area contributed by atoms with Crippen molar-refractivity contribution >= 4 is 24.2 Å². The minimum atomic E-state index is -1.45. The van der Waals surface area contributed by atoms with Crippen LogP contribution in [0.1, 0.15) is 46.0 Å². The lowest BCUT2D eigenvalue weighted by molar-refractivity contribution is -0.148. The number of esters is 2. The molecule has 0 aromatic carbocycles. The van der Waals surface area contributed by atoms with Crippen LogP contribution in [0.5, 0.6) is 0 Å². The lowest BCUT2D eigenvalue weighted by Crippen LogP contribution is -2.36. The highest BCUT2D eigenvalue weighted by atomic mass is 16.7. The summed E-state index contributed by atoms with van der Waals surface area (Å²) < 4.78 is 17.8. The van der Waals surface area contributed by atoms with Crippen LogP contribution < -0.4 is 5.73 Å². The molecule has 0 spiro atoms. The van der Waals surface area contributed by atoms with Gasteiger partial charge in [0.2, 0.25) is 0 Å². The van der Waals surface area contributed by atoms with Crippen molar-refractivity contribution in [3.05, 3.63) is 0 Å². The molecule has 132 valence electrons. The first-order valence-electron chi connectivity index (χ1n) is 7.42. The fraction of sp³-hybridized carbons (Fsp3) is 0.714. The molecule has 2 N–H and O–H groups in total. The van der Waals surface area contributed by atoms with Gasteiger partial charge in [0.05, 0.1) is 19.6 Å². The third-order valence-electron chi connectivity index (χ3n) is 2.51. The molecule has 0 fully saturated rings. The van der Waals surface area contributed by atoms with Crippen LogP contribution in [0.3, 0.4) is 0 Å². The predicted molar refractivity (Wildman–Crippen MR) is 77.3 cm³/mol. The molecule has 0 aliphatic carbocycles. The van der Waals surface area contributed by atoms with Gasteiger partial charge in [-0.3, -0.25) is 4.79 Å². The van der Waals surface area contributed by atoms with E-state index in [0.29, 0.717) is 12.8 Å². The topological polar surface area (TPSA) is 131 Å². The normalized spacial score (nSPS) is 11.3. The summed E-state index contributed by atoms with van der Waals surface area (Å²) in [5.41, 5.74) is 5.38. The summed E-state index contributed by atoms with van der Waals surface area (Å²) in [7, 11) is 0. The fourth-order valence-electron chi connectivity index (χ4n) is 1.21. The SMILES string of the molecule is CCCCOC(=O)OC(=O)C[C@H](N)C(=O)OC(=O)OCCCC. The van der Waals surface area contributed by atoms with Gasteiger partial charge in [-0.25, -0.2) is 14.4 Å². The lowest BCUT2D eigenvalue weighted by atomic mass is 10.2. The molecule has 0 radical (unpaired) electrons. The Morgan fingerprint density at radius 1 is 0.870 bits per heavy atom. The first-order valence-corrected chi connectivity index (χ1v) is 7.42. The number of hydrogen-bond donors (Lipinski definition) is 1. The van der Waals surface area contributed by atoms with Crippen molar-refractivity contribution in [3.8, 4) is 0 Å². The number of nitrogens with two attached hydrogens (primary N) is 1. The number of hydrogen-bond acceptors (Lipinski definition) is 9. The van der Waals surface area contributed by atoms with Crippen molar-refractivity contribution in [1.29, 1.82) is 0 Å². The number of rotatable bonds is 9. The number of ether oxygens (including phenoxy) is 4. The number of carbonyl (C=O) groups is 4. The Labute approximate surface area is 134 Å². The van der Waals surface area contributed by atoms with E-state index >= 15 is 0 Å². The molecule has 0 unspecified atom stereocenters. The van der Waals surface area contributed by atoms with E-state index in [1.54, 1.807) is 0 Å². The number of carbonyl (C=O) groups excluding carboxylic acids is 4. The quantitative estimate of drug-likeness (QED) is 0.380. The molecule has 0 saturated carbocycles. The Bertz CT molecular complexity index is 410. The smallest absolute Gasteiger partial charge is 0.434 e. The van der Waals surface area contributed by atoms with Gasteiger partial charge in [0.25, 0.3) is 0 Å². The minimum absolute atomic E-state index is 0.115. The Morgan fingerprint density at radius 3 is 1.83 bits per heavy atom. The molecule has 23 heavy (non-hydrogen) atoms. The van der Waals surface area contributed by atoms with Crippen LogP contribution in [0.25, 0.3) is 0 Å². The van der Waals surface area contributed by atoms with Gasteiger partial charge in [-0.2, -0.15) is 0 Å². The summed E-state index contributed by atoms with van der Waals surface area (Å²) in [6.07, 6.45) is -0.108. The Morgan fingerprint density at radius 2 is 1.35 bits per heavy atom. The fourth-order valence-corrected chi connectivity index (χ4v) is 1.21. The molecular formula is C14H23NO8. The van der Waals surface area contributed by atoms with Gasteiger partial charge >= 0.3 is 24.2 Å². The van der Waals surface area contributed by atoms with Crippen LogP contribution in [0.15, 0.2) is 0 Å². The van der Waals surface area contributed by atoms with E-state index in [1.165, 1.54) is 0 Å². The van der Waals surface area contributed by atoms with Gasteiger partial charge in [-0.05, 0) is 12.8 Å². The molecule has 0 amide bonds. The maximum atomic E-state index is 11.4. The molecule has 1 atom stereocenters. The third kappa shape index (κ3) is 11.1. The summed E-state index contributed by atoms with van der Waals surface area (Å²) in [4.78, 5) is 45.1. The van der Waals surface area contributed by atoms with Gasteiger partial charge in [0.15, 0.2) is 0 Å². The highest BCUT2D eigenvalue weighted by molar-refractivity contribution is 5.90. The van der Waals surface area contributed by atoms with E-state index in [1.807, 2.05) is 13.8 Å². The van der Waals surface area contributed by atoms with E-state index in [-0.39, 0.29) is 13.2 Å². The van der Waals surface area contributed by atoms with Crippen molar-refractivity contribution in [2.45, 2.75) is 52.0 Å². The molecule has 0 aliphatic heterocycles. The van der Waals surface area contributed by atoms with Crippen molar-refractivity contribution in [1.82, 2.24) is 0 Å². The molecule has 0 aromatic rings. The molecule has 0 heterocycles. The van der Waals surface area contributed by atoms with Crippen molar-refractivity contribution in [2.75, 3.05) is 13.2 Å². The van der Waals surface area contributed by atoms with Gasteiger partial charge in [-0.15, -0.1) is 0 Å². The highest BCUT2D eigenvalue weighted by Gasteiger charge is 2.24. The zero-order valence-corrected chi connectivity index (χ0v) is 13.4. The molecule has 9 heteroatoms. The van der Waals surface area contributed by atoms with E-state index in [9.17, 15) is 19.2 Å². The summed E-state index contributed by atoms with van der Waals surface area (Å²) in [5.74, 6) is -2.21. The Hall–Kier alpha value is -2.16. The number of unbranched alkanes of at least 4 members (excludes halogenated alkanes) is 2. The van der Waals surface area contributed by atoms with Gasteiger partial charge in [0, 0.05) is 0 Å². The van der Waals surface area contributed by atoms with Crippen LogP contribution in [-0.2, 0) is 28.5 Å². The zero-order chi connectivity index (χ0) is 17.7. The van der Waals surface area contributed by atoms with Gasteiger partial charge in [-0.1, -0.05) is 26.7 Å². The maximum absolute atomic E-state index is 11.4. The van der Waals surface area contributed by atoms with Crippen molar-refractivity contribution < 1.29 is 38.1 Å². The van der Waals surface area contributed by atoms with Crippen LogP contribution in [0.2, 0.25) is 0 Å². The second-order valence-corrected chi connectivity index (χ2v) is 4.61. The summed E-state index contributed by atoms with van der Waals surface area (Å²) in [6.45, 7) is 4.04. The maximum Gasteiger partial charge on any atom is 0.516 e. The average molecular weight is 333 g/mol. The second kappa shape index (κ2) is 12.4. The van der Waals surface area contributed by atoms with Gasteiger partial charge in [0.1, 0.15) is 6.04 Å². The predicted octanol–water partition coefficient (Wildman–Crippen LogP) is 1.66. The first kappa shape index (κ1) is 20.8. The van der Waals surface area contributed by atoms with E-state index in [2.05, 4.69) is 18.9 Å². The molecule has 0 rings (SSSR count). The molecule has 0 saturated heterocycles. The van der Waals surface area contributed by atoms with Crippen molar-refractivity contribution in [3.63, 3.8) is 0 Å². The van der Waals surface area contributed by atoms with Crippen LogP contribution >= 0.6 is 0 Å². The zero-order valence-electron chi connectivity index (χ0n) is 13.4. The van der Waals surface area contributed by atoms with Crippen LogP contribution in [0, 0.1) is 0 Å². The van der Waals surface area contributed by atoms with E-state index in [4.69, 9.17) is 5.73 Å². The third-order valence-corrected chi connectivity index (χ3v) is 2.51. The lowest BCUT2D eigenvalue weighted by Gasteiger charge is -2.09. The second-order valence-electron chi connectivity index (χ2n) is 4.61. The standard InChI is InChI=1S/C14H23NO8/c1-3-5-7-20-13(18)22-11(16)9-10(15)12(17)23-14(19)21-8-6-4-2/h10H,3-9,15H2,1-2H3/t10-/m0/s1. The molecule has 0 bridgehead atoms. The van der Waals surface area contributed by atoms with Crippen molar-refractivity contribution in [2.24, 2.45) is 5.73 Å². The Kier molecular flexibility index (Phi) is 11.2.